The van der Waals surface area contributed by atoms with Crippen molar-refractivity contribution >= 4 is 28.8 Å². The molecule has 3 rings (SSSR count). The number of azo groups is 1. The van der Waals surface area contributed by atoms with E-state index in [4.69, 9.17) is 11.6 Å². The molecule has 0 aliphatic rings. The smallest absolute Gasteiger partial charge is 0.183 e. The zero-order chi connectivity index (χ0) is 16.6. The molecular formula is C17H16ClFN4. The number of aromatic nitrogens is 2. The average molecular weight is 331 g/mol. The molecule has 0 fully saturated rings. The van der Waals surface area contributed by atoms with Crippen molar-refractivity contribution in [1.82, 2.24) is 9.38 Å². The van der Waals surface area contributed by atoms with E-state index in [1.165, 1.54) is 6.07 Å². The molecule has 0 aliphatic heterocycles. The normalized spacial score (nSPS) is 12.4. The lowest BCUT2D eigenvalue weighted by molar-refractivity contribution is 0.573. The van der Waals surface area contributed by atoms with Gasteiger partial charge in [-0.2, -0.15) is 0 Å². The van der Waals surface area contributed by atoms with Crippen LogP contribution in [-0.4, -0.2) is 9.38 Å². The number of imidazole rings is 1. The number of rotatable bonds is 2. The maximum absolute atomic E-state index is 13.7. The number of fused-ring (bicyclic) bond motifs is 1. The van der Waals surface area contributed by atoms with E-state index in [1.807, 2.05) is 26.8 Å². The number of halogens is 2. The number of pyridine rings is 1. The standard InChI is InChI=1S/C17H16ClFN4/c1-17(2,3)15-16(22-21-13-7-5-4-6-12(13)19)23-10-11(18)8-9-14(23)20-15/h4-10H,1-3H3. The van der Waals surface area contributed by atoms with Gasteiger partial charge in [0.15, 0.2) is 11.6 Å². The molecule has 3 aromatic rings. The van der Waals surface area contributed by atoms with Gasteiger partial charge in [-0.25, -0.2) is 9.37 Å². The van der Waals surface area contributed by atoms with Crippen LogP contribution in [0.2, 0.25) is 5.02 Å². The largest absolute Gasteiger partial charge is 0.281 e. The quantitative estimate of drug-likeness (QED) is 0.544. The SMILES string of the molecule is CC(C)(C)c1nc2ccc(Cl)cn2c1N=Nc1ccccc1F. The fourth-order valence-electron chi connectivity index (χ4n) is 2.24. The Kier molecular flexibility index (Phi) is 3.90. The first-order valence-corrected chi connectivity index (χ1v) is 7.58. The summed E-state index contributed by atoms with van der Waals surface area (Å²) in [6.07, 6.45) is 1.73. The molecule has 0 spiro atoms. The number of hydrogen-bond acceptors (Lipinski definition) is 3. The van der Waals surface area contributed by atoms with Crippen LogP contribution in [0.25, 0.3) is 5.65 Å². The van der Waals surface area contributed by atoms with Gasteiger partial charge in [-0.1, -0.05) is 44.5 Å². The average Bonchev–Trinajstić information content (AvgIpc) is 2.84. The monoisotopic (exact) mass is 330 g/mol. The van der Waals surface area contributed by atoms with Crippen LogP contribution >= 0.6 is 11.6 Å². The number of benzene rings is 1. The zero-order valence-electron chi connectivity index (χ0n) is 13.1. The molecule has 0 radical (unpaired) electrons. The van der Waals surface area contributed by atoms with E-state index in [-0.39, 0.29) is 11.1 Å². The van der Waals surface area contributed by atoms with E-state index in [9.17, 15) is 4.39 Å². The Balaban J connectivity index is 2.18. The molecule has 2 heterocycles. The summed E-state index contributed by atoms with van der Waals surface area (Å²) in [6, 6.07) is 9.85. The summed E-state index contributed by atoms with van der Waals surface area (Å²) < 4.78 is 15.5. The number of hydrogen-bond donors (Lipinski definition) is 0. The van der Waals surface area contributed by atoms with Crippen LogP contribution in [-0.2, 0) is 5.41 Å². The molecule has 0 amide bonds. The van der Waals surface area contributed by atoms with Crippen LogP contribution in [0.5, 0.6) is 0 Å². The minimum absolute atomic E-state index is 0.185. The molecule has 0 N–H and O–H groups in total. The van der Waals surface area contributed by atoms with Gasteiger partial charge in [-0.3, -0.25) is 4.40 Å². The van der Waals surface area contributed by atoms with Crippen molar-refractivity contribution in [2.24, 2.45) is 10.2 Å². The molecule has 0 atom stereocenters. The summed E-state index contributed by atoms with van der Waals surface area (Å²) in [6.45, 7) is 6.12. The molecule has 0 saturated carbocycles. The minimum Gasteiger partial charge on any atom is -0.281 e. The molecular weight excluding hydrogens is 315 g/mol. The molecule has 0 unspecified atom stereocenters. The van der Waals surface area contributed by atoms with E-state index in [0.717, 1.165) is 11.3 Å². The van der Waals surface area contributed by atoms with Crippen molar-refractivity contribution in [2.75, 3.05) is 0 Å². The van der Waals surface area contributed by atoms with Crippen molar-refractivity contribution in [3.8, 4) is 0 Å². The van der Waals surface area contributed by atoms with Crippen molar-refractivity contribution in [3.05, 3.63) is 59.1 Å². The van der Waals surface area contributed by atoms with Crippen LogP contribution < -0.4 is 0 Å². The predicted molar refractivity (Wildman–Crippen MR) is 89.5 cm³/mol. The Bertz CT molecular complexity index is 893. The van der Waals surface area contributed by atoms with Crippen molar-refractivity contribution < 1.29 is 4.39 Å². The maximum atomic E-state index is 13.7. The molecule has 118 valence electrons. The van der Waals surface area contributed by atoms with E-state index in [0.29, 0.717) is 10.8 Å². The van der Waals surface area contributed by atoms with Gasteiger partial charge in [0.1, 0.15) is 11.3 Å². The highest BCUT2D eigenvalue weighted by molar-refractivity contribution is 6.30. The Morgan fingerprint density at radius 1 is 1.09 bits per heavy atom. The highest BCUT2D eigenvalue weighted by atomic mass is 35.5. The van der Waals surface area contributed by atoms with Crippen LogP contribution in [0.1, 0.15) is 26.5 Å². The van der Waals surface area contributed by atoms with Crippen LogP contribution in [0.15, 0.2) is 52.8 Å². The van der Waals surface area contributed by atoms with Gasteiger partial charge in [0, 0.05) is 11.6 Å². The third kappa shape index (κ3) is 3.10. The lowest BCUT2D eigenvalue weighted by Gasteiger charge is -2.15. The Labute approximate surface area is 138 Å². The van der Waals surface area contributed by atoms with E-state index < -0.39 is 5.82 Å². The Hall–Kier alpha value is -2.27. The molecule has 0 saturated heterocycles. The van der Waals surface area contributed by atoms with Crippen LogP contribution in [0.3, 0.4) is 0 Å². The molecule has 0 bridgehead atoms. The maximum Gasteiger partial charge on any atom is 0.183 e. The fraction of sp³-hybridized carbons (Fsp3) is 0.235. The third-order valence-corrected chi connectivity index (χ3v) is 3.60. The van der Waals surface area contributed by atoms with Crippen molar-refractivity contribution in [1.29, 1.82) is 0 Å². The summed E-state index contributed by atoms with van der Waals surface area (Å²) in [7, 11) is 0. The first-order valence-electron chi connectivity index (χ1n) is 7.20. The summed E-state index contributed by atoms with van der Waals surface area (Å²) in [5.74, 6) is 0.138. The van der Waals surface area contributed by atoms with E-state index >= 15 is 0 Å². The van der Waals surface area contributed by atoms with Gasteiger partial charge in [-0.15, -0.1) is 10.2 Å². The van der Waals surface area contributed by atoms with Crippen LogP contribution in [0, 0.1) is 5.82 Å². The Morgan fingerprint density at radius 2 is 1.83 bits per heavy atom. The molecule has 1 aromatic carbocycles. The van der Waals surface area contributed by atoms with E-state index in [2.05, 4.69) is 15.2 Å². The highest BCUT2D eigenvalue weighted by Crippen LogP contribution is 2.34. The molecule has 4 nitrogen and oxygen atoms in total. The van der Waals surface area contributed by atoms with Crippen molar-refractivity contribution in [3.63, 3.8) is 0 Å². The summed E-state index contributed by atoms with van der Waals surface area (Å²) in [4.78, 5) is 4.62. The molecule has 2 aromatic heterocycles. The minimum atomic E-state index is -0.416. The summed E-state index contributed by atoms with van der Waals surface area (Å²) >= 11 is 6.08. The van der Waals surface area contributed by atoms with Gasteiger partial charge in [0.2, 0.25) is 0 Å². The van der Waals surface area contributed by atoms with Gasteiger partial charge >= 0.3 is 0 Å². The lowest BCUT2D eigenvalue weighted by atomic mass is 9.92. The summed E-state index contributed by atoms with van der Waals surface area (Å²) in [5.41, 5.74) is 1.45. The van der Waals surface area contributed by atoms with Gasteiger partial charge < -0.3 is 0 Å². The lowest BCUT2D eigenvalue weighted by Crippen LogP contribution is -2.11. The van der Waals surface area contributed by atoms with E-state index in [1.54, 1.807) is 34.9 Å². The zero-order valence-corrected chi connectivity index (χ0v) is 13.8. The highest BCUT2D eigenvalue weighted by Gasteiger charge is 2.24. The first-order chi connectivity index (χ1) is 10.9. The third-order valence-electron chi connectivity index (χ3n) is 3.37. The van der Waals surface area contributed by atoms with Gasteiger partial charge in [-0.05, 0) is 24.3 Å². The summed E-state index contributed by atoms with van der Waals surface area (Å²) in [5, 5.41) is 8.88. The second-order valence-corrected chi connectivity index (χ2v) is 6.70. The van der Waals surface area contributed by atoms with Gasteiger partial charge in [0.05, 0.1) is 10.7 Å². The molecule has 23 heavy (non-hydrogen) atoms. The number of nitrogens with zero attached hydrogens (tertiary/aromatic N) is 4. The predicted octanol–water partition coefficient (Wildman–Crippen LogP) is 5.84. The second-order valence-electron chi connectivity index (χ2n) is 6.26. The van der Waals surface area contributed by atoms with Crippen LogP contribution in [0.4, 0.5) is 15.9 Å². The first kappa shape index (κ1) is 15.6. The molecule has 0 aliphatic carbocycles. The second kappa shape index (κ2) is 5.74. The Morgan fingerprint density at radius 3 is 2.52 bits per heavy atom. The topological polar surface area (TPSA) is 42.0 Å². The molecule has 6 heteroatoms. The van der Waals surface area contributed by atoms with Crippen molar-refractivity contribution in [2.45, 2.75) is 26.2 Å². The van der Waals surface area contributed by atoms with Gasteiger partial charge in [0.25, 0.3) is 0 Å². The fourth-order valence-corrected chi connectivity index (χ4v) is 2.40.